The molecule has 0 amide bonds. The monoisotopic (exact) mass is 256 g/mol. The van der Waals surface area contributed by atoms with Crippen molar-refractivity contribution in [2.24, 2.45) is 0 Å². The highest BCUT2D eigenvalue weighted by molar-refractivity contribution is 9.10. The molecule has 2 aromatic heterocycles. The lowest BCUT2D eigenvalue weighted by atomic mass is 10.7. The Bertz CT molecular complexity index is 389. The summed E-state index contributed by atoms with van der Waals surface area (Å²) in [5, 5.41) is 1.67. The lowest BCUT2D eigenvalue weighted by Crippen LogP contribution is -1.84. The van der Waals surface area contributed by atoms with E-state index in [2.05, 4.69) is 35.9 Å². The van der Waals surface area contributed by atoms with Crippen LogP contribution in [0.3, 0.4) is 0 Å². The van der Waals surface area contributed by atoms with E-state index in [9.17, 15) is 0 Å². The van der Waals surface area contributed by atoms with Gasteiger partial charge < -0.3 is 4.98 Å². The molecule has 0 aromatic carbocycles. The van der Waals surface area contributed by atoms with E-state index < -0.39 is 0 Å². The summed E-state index contributed by atoms with van der Waals surface area (Å²) in [5.41, 5.74) is 0. The number of nitrogens with one attached hydrogen (secondary N) is 1. The second-order valence-corrected chi connectivity index (χ2v) is 4.00. The molecule has 66 valence electrons. The Hall–Kier alpha value is -0.880. The van der Waals surface area contributed by atoms with E-state index in [4.69, 9.17) is 0 Å². The smallest absolute Gasteiger partial charge is 0.171 e. The number of hydrogen-bond donors (Lipinski definition) is 1. The second-order valence-electron chi connectivity index (χ2n) is 2.17. The zero-order chi connectivity index (χ0) is 9.10. The predicted molar refractivity (Wildman–Crippen MR) is 52.4 cm³/mol. The summed E-state index contributed by atoms with van der Waals surface area (Å²) in [6.45, 7) is 0. The van der Waals surface area contributed by atoms with Crippen LogP contribution in [0.2, 0.25) is 0 Å². The summed E-state index contributed by atoms with van der Waals surface area (Å²) in [6, 6.07) is 0. The van der Waals surface area contributed by atoms with E-state index in [1.54, 1.807) is 18.6 Å². The number of H-pyrrole nitrogens is 1. The molecule has 0 unspecified atom stereocenters. The van der Waals surface area contributed by atoms with Crippen molar-refractivity contribution in [1.29, 1.82) is 0 Å². The van der Waals surface area contributed by atoms with Crippen molar-refractivity contribution in [1.82, 2.24) is 19.9 Å². The number of aromatic nitrogens is 4. The van der Waals surface area contributed by atoms with Gasteiger partial charge in [0, 0.05) is 18.6 Å². The molecular formula is C7H5BrN4S. The van der Waals surface area contributed by atoms with Crippen molar-refractivity contribution in [3.63, 3.8) is 0 Å². The molecule has 0 radical (unpaired) electrons. The molecule has 0 spiro atoms. The van der Waals surface area contributed by atoms with Crippen LogP contribution in [-0.4, -0.2) is 19.9 Å². The van der Waals surface area contributed by atoms with Gasteiger partial charge in [-0.25, -0.2) is 15.0 Å². The van der Waals surface area contributed by atoms with Gasteiger partial charge in [0.2, 0.25) is 0 Å². The van der Waals surface area contributed by atoms with Crippen LogP contribution in [0, 0.1) is 0 Å². The number of hydrogen-bond acceptors (Lipinski definition) is 4. The quantitative estimate of drug-likeness (QED) is 0.837. The molecule has 6 heteroatoms. The zero-order valence-electron chi connectivity index (χ0n) is 6.44. The van der Waals surface area contributed by atoms with E-state index in [0.29, 0.717) is 0 Å². The Balaban J connectivity index is 2.24. The predicted octanol–water partition coefficient (Wildman–Crippen LogP) is 2.11. The molecule has 13 heavy (non-hydrogen) atoms. The number of aromatic amines is 1. The first-order chi connectivity index (χ1) is 6.36. The average Bonchev–Trinajstić information content (AvgIpc) is 2.61. The number of rotatable bonds is 2. The molecular weight excluding hydrogens is 252 g/mol. The van der Waals surface area contributed by atoms with Gasteiger partial charge in [0.1, 0.15) is 11.4 Å². The van der Waals surface area contributed by atoms with Crippen LogP contribution in [0.1, 0.15) is 0 Å². The fraction of sp³-hybridized carbons (Fsp3) is 0. The molecule has 0 aliphatic rings. The van der Waals surface area contributed by atoms with E-state index >= 15 is 0 Å². The highest BCUT2D eigenvalue weighted by Gasteiger charge is 2.04. The van der Waals surface area contributed by atoms with Gasteiger partial charge in [0.25, 0.3) is 0 Å². The minimum Gasteiger partial charge on any atom is -0.339 e. The summed E-state index contributed by atoms with van der Waals surface area (Å²) >= 11 is 4.81. The zero-order valence-corrected chi connectivity index (χ0v) is 8.84. The fourth-order valence-corrected chi connectivity index (χ4v) is 1.91. The van der Waals surface area contributed by atoms with E-state index in [0.717, 1.165) is 14.7 Å². The second kappa shape index (κ2) is 3.89. The van der Waals surface area contributed by atoms with Crippen LogP contribution in [-0.2, 0) is 0 Å². The summed E-state index contributed by atoms with van der Waals surface area (Å²) in [4.78, 5) is 15.0. The van der Waals surface area contributed by atoms with Crippen LogP contribution in [0.25, 0.3) is 0 Å². The molecule has 0 aliphatic heterocycles. The molecule has 0 bridgehead atoms. The number of nitrogens with zero attached hydrogens (tertiary/aromatic N) is 3. The lowest BCUT2D eigenvalue weighted by molar-refractivity contribution is 1.00. The number of imidazole rings is 1. The number of halogens is 1. The van der Waals surface area contributed by atoms with Gasteiger partial charge in [0.05, 0.1) is 4.47 Å². The first kappa shape index (κ1) is 8.71. The van der Waals surface area contributed by atoms with Crippen molar-refractivity contribution in [2.75, 3.05) is 0 Å². The van der Waals surface area contributed by atoms with Gasteiger partial charge in [-0.05, 0) is 27.7 Å². The largest absolute Gasteiger partial charge is 0.339 e. The Morgan fingerprint density at radius 2 is 2.31 bits per heavy atom. The van der Waals surface area contributed by atoms with Gasteiger partial charge >= 0.3 is 0 Å². The fourth-order valence-electron chi connectivity index (χ4n) is 0.775. The normalized spacial score (nSPS) is 10.2. The van der Waals surface area contributed by atoms with Crippen molar-refractivity contribution < 1.29 is 0 Å². The Morgan fingerprint density at radius 3 is 3.00 bits per heavy atom. The maximum Gasteiger partial charge on any atom is 0.171 e. The van der Waals surface area contributed by atoms with Gasteiger partial charge in [-0.3, -0.25) is 0 Å². The molecule has 1 N–H and O–H groups in total. The summed E-state index contributed by atoms with van der Waals surface area (Å²) in [6.07, 6.45) is 6.70. The molecule has 0 aliphatic carbocycles. The minimum absolute atomic E-state index is 0.819. The van der Waals surface area contributed by atoms with E-state index in [1.807, 2.05) is 0 Å². The first-order valence-corrected chi connectivity index (χ1v) is 5.10. The van der Waals surface area contributed by atoms with E-state index in [-0.39, 0.29) is 0 Å². The molecule has 4 nitrogen and oxygen atoms in total. The third-order valence-corrected chi connectivity index (χ3v) is 3.08. The third-order valence-electron chi connectivity index (χ3n) is 1.30. The molecule has 0 fully saturated rings. The summed E-state index contributed by atoms with van der Waals surface area (Å²) in [5.74, 6) is 0. The van der Waals surface area contributed by atoms with Crippen molar-refractivity contribution in [3.05, 3.63) is 29.4 Å². The van der Waals surface area contributed by atoms with Gasteiger partial charge in [-0.15, -0.1) is 0 Å². The Morgan fingerprint density at radius 1 is 1.38 bits per heavy atom. The minimum atomic E-state index is 0.819. The van der Waals surface area contributed by atoms with Crippen LogP contribution in [0.5, 0.6) is 0 Å². The van der Waals surface area contributed by atoms with Crippen LogP contribution >= 0.6 is 27.7 Å². The van der Waals surface area contributed by atoms with Crippen LogP contribution in [0.15, 0.2) is 39.6 Å². The first-order valence-electron chi connectivity index (χ1n) is 3.49. The van der Waals surface area contributed by atoms with Gasteiger partial charge in [-0.2, -0.15) is 0 Å². The standard InChI is InChI=1S/C7H5BrN4S/c8-5-3-9-4-12-6(5)13-7-10-1-2-11-7/h1-4H,(H,10,11). The molecule has 2 rings (SSSR count). The maximum absolute atomic E-state index is 4.10. The summed E-state index contributed by atoms with van der Waals surface area (Å²) in [7, 11) is 0. The molecule has 2 heterocycles. The van der Waals surface area contributed by atoms with Crippen molar-refractivity contribution in [3.8, 4) is 0 Å². The van der Waals surface area contributed by atoms with Crippen molar-refractivity contribution in [2.45, 2.75) is 10.2 Å². The Kier molecular flexibility index (Phi) is 2.60. The lowest BCUT2D eigenvalue weighted by Gasteiger charge is -1.97. The summed E-state index contributed by atoms with van der Waals surface area (Å²) < 4.78 is 0.872. The van der Waals surface area contributed by atoms with Crippen molar-refractivity contribution >= 4 is 27.7 Å². The van der Waals surface area contributed by atoms with Crippen LogP contribution in [0.4, 0.5) is 0 Å². The van der Waals surface area contributed by atoms with Crippen LogP contribution < -0.4 is 0 Å². The highest BCUT2D eigenvalue weighted by Crippen LogP contribution is 2.27. The molecule has 2 aromatic rings. The molecule has 0 saturated carbocycles. The third kappa shape index (κ3) is 2.07. The topological polar surface area (TPSA) is 54.5 Å². The molecule has 0 saturated heterocycles. The van der Waals surface area contributed by atoms with E-state index in [1.165, 1.54) is 18.1 Å². The van der Waals surface area contributed by atoms with Gasteiger partial charge in [0.15, 0.2) is 5.16 Å². The highest BCUT2D eigenvalue weighted by atomic mass is 79.9. The Labute approximate surface area is 87.3 Å². The average molecular weight is 257 g/mol. The molecule has 0 atom stereocenters. The SMILES string of the molecule is Brc1cncnc1Sc1ncc[nH]1. The van der Waals surface area contributed by atoms with Gasteiger partial charge in [-0.1, -0.05) is 0 Å². The maximum atomic E-state index is 4.10.